The van der Waals surface area contributed by atoms with Gasteiger partial charge in [0.25, 0.3) is 5.91 Å². The molecule has 7 nitrogen and oxygen atoms in total. The monoisotopic (exact) mass is 573 g/mol. The molecule has 0 aliphatic carbocycles. The molecule has 1 unspecified atom stereocenters. The number of hydrogen-bond donors (Lipinski definition) is 1. The fourth-order valence-corrected chi connectivity index (χ4v) is 5.80. The SMILES string of the molecule is Cc1ccccc1C(=O)N(CC1CCNCC1)C(c1nn(-c2cc(F)cc(F)c2)c(=O)n1Cc1ccccc1)C(C)C. The van der Waals surface area contributed by atoms with Crippen molar-refractivity contribution in [2.45, 2.75) is 46.2 Å². The molecule has 0 spiro atoms. The smallest absolute Gasteiger partial charge is 0.328 e. The molecule has 3 aromatic carbocycles. The number of amides is 1. The van der Waals surface area contributed by atoms with Crippen molar-refractivity contribution in [3.63, 3.8) is 0 Å². The summed E-state index contributed by atoms with van der Waals surface area (Å²) in [5.41, 5.74) is 1.78. The van der Waals surface area contributed by atoms with Gasteiger partial charge in [-0.1, -0.05) is 62.4 Å². The molecule has 1 saturated heterocycles. The third-order valence-electron chi connectivity index (χ3n) is 7.95. The Morgan fingerprint density at radius 1 is 1.00 bits per heavy atom. The third-order valence-corrected chi connectivity index (χ3v) is 7.95. The molecule has 0 radical (unpaired) electrons. The highest BCUT2D eigenvalue weighted by Gasteiger charge is 2.36. The molecule has 1 aliphatic heterocycles. The van der Waals surface area contributed by atoms with Crippen molar-refractivity contribution in [2.75, 3.05) is 19.6 Å². The van der Waals surface area contributed by atoms with E-state index in [0.717, 1.165) is 59.9 Å². The van der Waals surface area contributed by atoms with Crippen molar-refractivity contribution in [1.29, 1.82) is 0 Å². The number of aryl methyl sites for hydroxylation is 1. The van der Waals surface area contributed by atoms with E-state index in [1.54, 1.807) is 0 Å². The van der Waals surface area contributed by atoms with Crippen LogP contribution < -0.4 is 11.0 Å². The first kappa shape index (κ1) is 29.4. The van der Waals surface area contributed by atoms with Gasteiger partial charge in [-0.3, -0.25) is 9.36 Å². The molecule has 9 heteroatoms. The summed E-state index contributed by atoms with van der Waals surface area (Å²) in [4.78, 5) is 30.2. The largest absolute Gasteiger partial charge is 0.351 e. The first-order valence-corrected chi connectivity index (χ1v) is 14.5. The van der Waals surface area contributed by atoms with Gasteiger partial charge in [-0.2, -0.15) is 4.68 Å². The average molecular weight is 574 g/mol. The van der Waals surface area contributed by atoms with Crippen LogP contribution in [0, 0.1) is 30.4 Å². The molecule has 1 aliphatic rings. The Morgan fingerprint density at radius 2 is 1.64 bits per heavy atom. The number of aromatic nitrogens is 3. The molecule has 1 N–H and O–H groups in total. The molecule has 0 bridgehead atoms. The highest BCUT2D eigenvalue weighted by molar-refractivity contribution is 5.95. The van der Waals surface area contributed by atoms with Gasteiger partial charge in [0, 0.05) is 18.2 Å². The maximum atomic E-state index is 14.4. The molecular weight excluding hydrogens is 536 g/mol. The summed E-state index contributed by atoms with van der Waals surface area (Å²) in [6, 6.07) is 19.3. The van der Waals surface area contributed by atoms with Crippen molar-refractivity contribution >= 4 is 5.91 Å². The third kappa shape index (κ3) is 6.36. The molecule has 42 heavy (non-hydrogen) atoms. The number of halogens is 2. The minimum Gasteiger partial charge on any atom is -0.328 e. The van der Waals surface area contributed by atoms with E-state index in [9.17, 15) is 18.4 Å². The normalized spacial score (nSPS) is 14.7. The topological polar surface area (TPSA) is 72.2 Å². The van der Waals surface area contributed by atoms with Crippen molar-refractivity contribution in [2.24, 2.45) is 11.8 Å². The van der Waals surface area contributed by atoms with E-state index in [2.05, 4.69) is 5.32 Å². The molecule has 2 heterocycles. The molecule has 1 fully saturated rings. The van der Waals surface area contributed by atoms with Gasteiger partial charge >= 0.3 is 5.69 Å². The summed E-state index contributed by atoms with van der Waals surface area (Å²) < 4.78 is 31.1. The van der Waals surface area contributed by atoms with E-state index in [0.29, 0.717) is 17.9 Å². The first-order chi connectivity index (χ1) is 20.2. The van der Waals surface area contributed by atoms with Gasteiger partial charge in [-0.15, -0.1) is 5.10 Å². The van der Waals surface area contributed by atoms with Crippen LogP contribution >= 0.6 is 0 Å². The van der Waals surface area contributed by atoms with Crippen LogP contribution in [0.15, 0.2) is 77.6 Å². The van der Waals surface area contributed by atoms with E-state index >= 15 is 0 Å². The van der Waals surface area contributed by atoms with Gasteiger partial charge in [0.15, 0.2) is 5.82 Å². The van der Waals surface area contributed by atoms with Crippen LogP contribution in [0.4, 0.5) is 8.78 Å². The summed E-state index contributed by atoms with van der Waals surface area (Å²) >= 11 is 0. The Labute approximate surface area is 244 Å². The van der Waals surface area contributed by atoms with Gasteiger partial charge in [0.2, 0.25) is 0 Å². The zero-order valence-electron chi connectivity index (χ0n) is 24.3. The predicted octanol–water partition coefficient (Wildman–Crippen LogP) is 5.51. The Balaban J connectivity index is 1.68. The van der Waals surface area contributed by atoms with Crippen LogP contribution in [0.1, 0.15) is 60.0 Å². The second kappa shape index (κ2) is 12.8. The maximum absolute atomic E-state index is 14.4. The van der Waals surface area contributed by atoms with E-state index in [-0.39, 0.29) is 30.0 Å². The lowest BCUT2D eigenvalue weighted by Gasteiger charge is -2.37. The van der Waals surface area contributed by atoms with E-state index in [1.165, 1.54) is 4.57 Å². The summed E-state index contributed by atoms with van der Waals surface area (Å²) in [7, 11) is 0. The zero-order valence-corrected chi connectivity index (χ0v) is 24.3. The lowest BCUT2D eigenvalue weighted by molar-refractivity contribution is 0.0541. The molecule has 5 rings (SSSR count). The number of nitrogens with zero attached hydrogens (tertiary/aromatic N) is 4. The fourth-order valence-electron chi connectivity index (χ4n) is 5.80. The van der Waals surface area contributed by atoms with Crippen molar-refractivity contribution in [3.05, 3.63) is 117 Å². The quantitative estimate of drug-likeness (QED) is 0.287. The maximum Gasteiger partial charge on any atom is 0.351 e. The van der Waals surface area contributed by atoms with Crippen LogP contribution in [0.3, 0.4) is 0 Å². The molecular formula is C33H37F2N5O2. The second-order valence-electron chi connectivity index (χ2n) is 11.4. The highest BCUT2D eigenvalue weighted by atomic mass is 19.1. The summed E-state index contributed by atoms with van der Waals surface area (Å²) in [6.07, 6.45) is 1.85. The minimum atomic E-state index is -0.807. The van der Waals surface area contributed by atoms with E-state index < -0.39 is 23.4 Å². The molecule has 1 aromatic heterocycles. The number of nitrogens with one attached hydrogen (secondary N) is 1. The van der Waals surface area contributed by atoms with Crippen LogP contribution in [0.2, 0.25) is 0 Å². The van der Waals surface area contributed by atoms with Gasteiger partial charge in [-0.25, -0.2) is 13.6 Å². The molecule has 0 saturated carbocycles. The standard InChI is InChI=1S/C33H37F2N5O2/c1-22(2)30(38(20-25-13-15-36-16-14-25)32(41)29-12-8-7-9-23(29)3)31-37-40(28-18-26(34)17-27(35)19-28)33(42)39(31)21-24-10-5-4-6-11-24/h4-12,17-19,22,25,30,36H,13-16,20-21H2,1-3H3. The summed E-state index contributed by atoms with van der Waals surface area (Å²) in [5.74, 6) is -1.23. The Morgan fingerprint density at radius 3 is 2.29 bits per heavy atom. The number of rotatable bonds is 9. The summed E-state index contributed by atoms with van der Waals surface area (Å²) in [6.45, 7) is 8.37. The zero-order chi connectivity index (χ0) is 29.8. The molecule has 220 valence electrons. The Bertz CT molecular complexity index is 1570. The predicted molar refractivity (Wildman–Crippen MR) is 159 cm³/mol. The number of benzene rings is 3. The van der Waals surface area contributed by atoms with Crippen LogP contribution in [-0.2, 0) is 6.54 Å². The Hall–Kier alpha value is -4.11. The van der Waals surface area contributed by atoms with Crippen LogP contribution in [0.25, 0.3) is 5.69 Å². The summed E-state index contributed by atoms with van der Waals surface area (Å²) in [5, 5.41) is 8.11. The Kier molecular flexibility index (Phi) is 8.97. The van der Waals surface area contributed by atoms with Crippen molar-refractivity contribution in [3.8, 4) is 5.69 Å². The molecule has 1 atom stereocenters. The lowest BCUT2D eigenvalue weighted by Crippen LogP contribution is -2.44. The number of piperidine rings is 1. The van der Waals surface area contributed by atoms with Gasteiger partial charge in [-0.05, 0) is 74.0 Å². The van der Waals surface area contributed by atoms with Gasteiger partial charge < -0.3 is 10.2 Å². The average Bonchev–Trinajstić information content (AvgIpc) is 3.28. The van der Waals surface area contributed by atoms with Crippen molar-refractivity contribution < 1.29 is 13.6 Å². The van der Waals surface area contributed by atoms with E-state index in [1.807, 2.05) is 80.3 Å². The van der Waals surface area contributed by atoms with Crippen LogP contribution in [-0.4, -0.2) is 44.8 Å². The molecule has 1 amide bonds. The number of hydrogen-bond acceptors (Lipinski definition) is 4. The highest BCUT2D eigenvalue weighted by Crippen LogP contribution is 2.32. The van der Waals surface area contributed by atoms with E-state index in [4.69, 9.17) is 5.10 Å². The first-order valence-electron chi connectivity index (χ1n) is 14.5. The number of carbonyl (C=O) groups excluding carboxylic acids is 1. The lowest BCUT2D eigenvalue weighted by atomic mass is 9.93. The number of carbonyl (C=O) groups is 1. The second-order valence-corrected chi connectivity index (χ2v) is 11.4. The van der Waals surface area contributed by atoms with Gasteiger partial charge in [0.05, 0.1) is 18.3 Å². The fraction of sp³-hybridized carbons (Fsp3) is 0.364. The minimum absolute atomic E-state index is 0.0109. The van der Waals surface area contributed by atoms with Crippen molar-refractivity contribution in [1.82, 2.24) is 24.6 Å². The van der Waals surface area contributed by atoms with Gasteiger partial charge in [0.1, 0.15) is 11.6 Å². The molecule has 4 aromatic rings. The van der Waals surface area contributed by atoms with Crippen LogP contribution in [0.5, 0.6) is 0 Å².